The van der Waals surface area contributed by atoms with Crippen LogP contribution in [0.15, 0.2) is 206 Å². The Bertz CT molecular complexity index is 4130. The zero-order chi connectivity index (χ0) is 53.6. The normalized spacial score (nSPS) is 14.2. The van der Waals surface area contributed by atoms with Crippen LogP contribution in [0.4, 0.5) is 42.9 Å². The molecule has 1 spiro atoms. The number of nitrogens with zero attached hydrogens (tertiary/aromatic N) is 2. The van der Waals surface area contributed by atoms with Crippen molar-refractivity contribution in [2.45, 2.75) is 77.0 Å². The first kappa shape index (κ1) is 48.5. The molecule has 0 amide bonds. The van der Waals surface area contributed by atoms with E-state index < -0.39 is 5.41 Å². The van der Waals surface area contributed by atoms with Crippen LogP contribution in [-0.2, 0) is 21.7 Å². The van der Waals surface area contributed by atoms with E-state index in [4.69, 9.17) is 0 Å². The quantitative estimate of drug-likeness (QED) is 0.164. The maximum absolute atomic E-state index is 15.1. The number of thiophene rings is 2. The summed E-state index contributed by atoms with van der Waals surface area (Å²) in [5.41, 5.74) is 16.9. The first-order valence-corrected chi connectivity index (χ1v) is 28.7. The van der Waals surface area contributed by atoms with Crippen molar-refractivity contribution in [2.75, 3.05) is 9.80 Å². The van der Waals surface area contributed by atoms with Gasteiger partial charge in [0.1, 0.15) is 11.6 Å². The summed E-state index contributed by atoms with van der Waals surface area (Å²) in [5, 5.41) is 4.89. The van der Waals surface area contributed by atoms with Crippen LogP contribution in [0.3, 0.4) is 0 Å². The van der Waals surface area contributed by atoms with Gasteiger partial charge in [-0.2, -0.15) is 0 Å². The second-order valence-corrected chi connectivity index (χ2v) is 26.0. The van der Waals surface area contributed by atoms with Gasteiger partial charge in [-0.1, -0.05) is 177 Å². The molecule has 0 unspecified atom stereocenters. The molecular formula is C72H58F2N2S2. The van der Waals surface area contributed by atoms with E-state index in [9.17, 15) is 0 Å². The van der Waals surface area contributed by atoms with E-state index >= 15 is 8.78 Å². The van der Waals surface area contributed by atoms with E-state index in [1.54, 1.807) is 24.3 Å². The molecule has 0 saturated heterocycles. The molecule has 0 N–H and O–H groups in total. The lowest BCUT2D eigenvalue weighted by atomic mass is 9.55. The van der Waals surface area contributed by atoms with Crippen LogP contribution in [0, 0.1) is 11.6 Å². The lowest BCUT2D eigenvalue weighted by Crippen LogP contribution is -2.40. The Balaban J connectivity index is 1.05. The summed E-state index contributed by atoms with van der Waals surface area (Å²) in [6, 6.07) is 72.8. The molecule has 2 heterocycles. The van der Waals surface area contributed by atoms with Gasteiger partial charge in [0.05, 0.1) is 26.2 Å². The number of hydrogen-bond acceptors (Lipinski definition) is 4. The van der Waals surface area contributed by atoms with E-state index in [-0.39, 0.29) is 27.9 Å². The molecule has 0 saturated carbocycles. The van der Waals surface area contributed by atoms with Gasteiger partial charge in [-0.3, -0.25) is 0 Å². The second-order valence-electron chi connectivity index (χ2n) is 23.9. The molecule has 0 aliphatic heterocycles. The number of rotatable bonds is 6. The van der Waals surface area contributed by atoms with Gasteiger partial charge in [-0.15, -0.1) is 22.7 Å². The van der Waals surface area contributed by atoms with Crippen molar-refractivity contribution in [1.29, 1.82) is 0 Å². The number of halogens is 2. The van der Waals surface area contributed by atoms with Crippen LogP contribution >= 0.6 is 22.7 Å². The molecule has 0 fully saturated rings. The zero-order valence-electron chi connectivity index (χ0n) is 45.1. The minimum Gasteiger partial charge on any atom is -0.309 e. The molecule has 0 bridgehead atoms. The molecule has 2 aliphatic rings. The summed E-state index contributed by atoms with van der Waals surface area (Å²) < 4.78 is 35.1. The molecule has 2 aliphatic carbocycles. The number of fused-ring (bicyclic) bond motifs is 15. The van der Waals surface area contributed by atoms with E-state index in [0.29, 0.717) is 0 Å². The molecule has 2 aromatic heterocycles. The van der Waals surface area contributed by atoms with Crippen molar-refractivity contribution in [3.63, 3.8) is 0 Å². The van der Waals surface area contributed by atoms with Gasteiger partial charge in [0.25, 0.3) is 0 Å². The first-order valence-electron chi connectivity index (χ1n) is 27.0. The van der Waals surface area contributed by atoms with Crippen LogP contribution < -0.4 is 9.80 Å². The van der Waals surface area contributed by atoms with E-state index in [1.165, 1.54) is 84.9 Å². The molecule has 2 nitrogen and oxygen atoms in total. The van der Waals surface area contributed by atoms with Gasteiger partial charge in [-0.05, 0) is 151 Å². The minimum absolute atomic E-state index is 0.0559. The third-order valence-electron chi connectivity index (χ3n) is 16.9. The minimum atomic E-state index is -0.779. The Morgan fingerprint density at radius 3 is 1.08 bits per heavy atom. The summed E-state index contributed by atoms with van der Waals surface area (Å²) in [4.78, 5) is 4.68. The van der Waals surface area contributed by atoms with Crippen LogP contribution in [-0.4, -0.2) is 0 Å². The fourth-order valence-corrected chi connectivity index (χ4v) is 16.4. The lowest BCUT2D eigenvalue weighted by molar-refractivity contribution is 0.563. The second kappa shape index (κ2) is 17.3. The highest BCUT2D eigenvalue weighted by atomic mass is 32.1. The summed E-state index contributed by atoms with van der Waals surface area (Å²) in [5.74, 6) is -0.558. The standard InChI is InChI=1S/C72H58F2N2S2/c1-69(2,3)59-25-13-17-51-53-19-15-27-63(67(53)77-65(51)59)75(45-33-29-43(73)30-34-45)47-37-39-49-50-40-38-48(42-62(50)72(61(49)41-47)57-23-11-9-21-55(57)71(7,8)56-22-10-12-24-58(56)72)76(46-35-31-44(74)32-36-46)64-28-16-20-54-52-18-14-26-60(70(4,5)6)66(52)78-68(54)64/h9-42H,1-8H3. The topological polar surface area (TPSA) is 6.48 Å². The summed E-state index contributed by atoms with van der Waals surface area (Å²) in [6.45, 7) is 18.5. The average molecular weight is 1050 g/mol. The van der Waals surface area contributed by atoms with Crippen LogP contribution in [0.25, 0.3) is 51.5 Å². The van der Waals surface area contributed by atoms with Gasteiger partial charge in [0.15, 0.2) is 0 Å². The summed E-state index contributed by atoms with van der Waals surface area (Å²) >= 11 is 3.69. The molecule has 78 heavy (non-hydrogen) atoms. The van der Waals surface area contributed by atoms with E-state index in [0.717, 1.165) is 45.3 Å². The Kier molecular flexibility index (Phi) is 10.8. The SMILES string of the molecule is CC(C)(C)c1cccc2c1sc1c(N(c3ccc(F)cc3)c3ccc4c(c3)C3(c5cc(N(c6ccc(F)cc6)c6cccc7c6sc6c(C(C)(C)C)cccc67)ccc5-4)c4ccccc4C(C)(C)c4ccccc43)cccc12. The Morgan fingerprint density at radius 1 is 0.346 bits per heavy atom. The maximum Gasteiger partial charge on any atom is 0.123 e. The summed E-state index contributed by atoms with van der Waals surface area (Å²) in [7, 11) is 0. The van der Waals surface area contributed by atoms with Gasteiger partial charge in [0.2, 0.25) is 0 Å². The zero-order valence-corrected chi connectivity index (χ0v) is 46.7. The van der Waals surface area contributed by atoms with Crippen LogP contribution in [0.1, 0.15) is 99.9 Å². The largest absolute Gasteiger partial charge is 0.309 e. The smallest absolute Gasteiger partial charge is 0.123 e. The van der Waals surface area contributed by atoms with Gasteiger partial charge >= 0.3 is 0 Å². The first-order chi connectivity index (χ1) is 37.5. The molecular weight excluding hydrogens is 995 g/mol. The lowest BCUT2D eigenvalue weighted by Gasteiger charge is -2.47. The molecule has 382 valence electrons. The van der Waals surface area contributed by atoms with E-state index in [1.807, 2.05) is 46.9 Å². The van der Waals surface area contributed by atoms with Crippen molar-refractivity contribution >= 4 is 97.1 Å². The molecule has 14 rings (SSSR count). The number of hydrogen-bond donors (Lipinski definition) is 0. The molecule has 0 atom stereocenters. The van der Waals surface area contributed by atoms with Crippen molar-refractivity contribution in [2.24, 2.45) is 0 Å². The fraction of sp³-hybridized carbons (Fsp3) is 0.167. The monoisotopic (exact) mass is 1050 g/mol. The van der Waals surface area contributed by atoms with Crippen molar-refractivity contribution in [1.82, 2.24) is 0 Å². The predicted octanol–water partition coefficient (Wildman–Crippen LogP) is 21.2. The van der Waals surface area contributed by atoms with Gasteiger partial charge in [-0.25, -0.2) is 8.78 Å². The molecule has 12 aromatic rings. The predicted molar refractivity (Wildman–Crippen MR) is 328 cm³/mol. The molecule has 0 radical (unpaired) electrons. The number of anilines is 6. The molecule has 10 aromatic carbocycles. The van der Waals surface area contributed by atoms with Crippen LogP contribution in [0.2, 0.25) is 0 Å². The highest BCUT2D eigenvalue weighted by Gasteiger charge is 2.54. The Morgan fingerprint density at radius 2 is 0.692 bits per heavy atom. The number of benzene rings is 10. The van der Waals surface area contributed by atoms with E-state index in [2.05, 4.69) is 223 Å². The third kappa shape index (κ3) is 7.08. The third-order valence-corrected chi connectivity index (χ3v) is 19.5. The van der Waals surface area contributed by atoms with Crippen molar-refractivity contribution in [3.05, 3.63) is 262 Å². The summed E-state index contributed by atoms with van der Waals surface area (Å²) in [6.07, 6.45) is 0. The molecule has 6 heteroatoms. The Labute approximate surface area is 463 Å². The Hall–Kier alpha value is -7.90. The van der Waals surface area contributed by atoms with Crippen molar-refractivity contribution < 1.29 is 8.78 Å². The maximum atomic E-state index is 15.1. The highest BCUT2D eigenvalue weighted by molar-refractivity contribution is 7.27. The van der Waals surface area contributed by atoms with Crippen molar-refractivity contribution in [3.8, 4) is 11.1 Å². The van der Waals surface area contributed by atoms with Crippen LogP contribution in [0.5, 0.6) is 0 Å². The highest BCUT2D eigenvalue weighted by Crippen LogP contribution is 2.64. The fourth-order valence-electron chi connectivity index (χ4n) is 13.3. The average Bonchev–Trinajstić information content (AvgIpc) is 3.95. The van der Waals surface area contributed by atoms with Gasteiger partial charge in [0, 0.05) is 59.1 Å². The van der Waals surface area contributed by atoms with Gasteiger partial charge < -0.3 is 9.80 Å².